The van der Waals surface area contributed by atoms with E-state index in [2.05, 4.69) is 9.79 Å². The molecule has 0 bridgehead atoms. The normalized spacial score (nSPS) is 10.2. The molecule has 0 unspecified atom stereocenters. The van der Waals surface area contributed by atoms with Gasteiger partial charge in [0.2, 0.25) is 11.4 Å². The first-order valence-corrected chi connectivity index (χ1v) is 3.91. The molecule has 4 nitrogen and oxygen atoms in total. The molecule has 66 valence electrons. The van der Waals surface area contributed by atoms with Gasteiger partial charge < -0.3 is 5.21 Å². The van der Waals surface area contributed by atoms with Gasteiger partial charge in [0, 0.05) is 17.6 Å². The van der Waals surface area contributed by atoms with Gasteiger partial charge in [-0.1, -0.05) is 30.3 Å². The Bertz CT molecular complexity index is 389. The van der Waals surface area contributed by atoms with E-state index in [1.807, 2.05) is 30.3 Å². The van der Waals surface area contributed by atoms with E-state index >= 15 is 0 Å². The van der Waals surface area contributed by atoms with Gasteiger partial charge in [-0.05, 0) is 4.90 Å². The monoisotopic (exact) mass is 176 g/mol. The minimum absolute atomic E-state index is 0.421. The molecule has 1 aromatic carbocycles. The van der Waals surface area contributed by atoms with Crippen molar-refractivity contribution in [3.05, 3.63) is 41.2 Å². The Balaban J connectivity index is 2.59. The van der Waals surface area contributed by atoms with Gasteiger partial charge >= 0.3 is 0 Å². The molecule has 0 spiro atoms. The highest BCUT2D eigenvalue weighted by Crippen LogP contribution is 2.16. The van der Waals surface area contributed by atoms with Crippen LogP contribution < -0.4 is 4.90 Å². The Morgan fingerprint density at radius 3 is 2.54 bits per heavy atom. The maximum atomic E-state index is 11.1. The molecule has 1 aromatic heterocycles. The van der Waals surface area contributed by atoms with Crippen molar-refractivity contribution in [3.8, 4) is 11.3 Å². The molecule has 0 aliphatic carbocycles. The summed E-state index contributed by atoms with van der Waals surface area (Å²) in [6.07, 6.45) is 0. The van der Waals surface area contributed by atoms with Crippen molar-refractivity contribution >= 4 is 0 Å². The molecule has 4 heteroatoms. The second-order valence-electron chi connectivity index (χ2n) is 2.73. The summed E-state index contributed by atoms with van der Waals surface area (Å²) >= 11 is 0. The lowest BCUT2D eigenvalue weighted by molar-refractivity contribution is -0.793. The fourth-order valence-corrected chi connectivity index (χ4v) is 1.22. The molecular formula is C9H8N2O2. The van der Waals surface area contributed by atoms with E-state index in [9.17, 15) is 5.21 Å². The summed E-state index contributed by atoms with van der Waals surface area (Å²) in [7, 11) is 0. The van der Waals surface area contributed by atoms with E-state index in [0.29, 0.717) is 16.3 Å². The van der Waals surface area contributed by atoms with Crippen LogP contribution >= 0.6 is 0 Å². The molecule has 0 saturated heterocycles. The molecule has 0 N–H and O–H groups in total. The number of benzene rings is 1. The summed E-state index contributed by atoms with van der Waals surface area (Å²) in [6.45, 7) is 1.74. The molecule has 0 fully saturated rings. The maximum Gasteiger partial charge on any atom is 0.228 e. The number of hydrogen-bond acceptors (Lipinski definition) is 3. The van der Waals surface area contributed by atoms with Gasteiger partial charge in [-0.3, -0.25) is 4.63 Å². The van der Waals surface area contributed by atoms with Crippen LogP contribution in [0.15, 0.2) is 35.0 Å². The Labute approximate surface area is 74.9 Å². The topological polar surface area (TPSA) is 53.0 Å². The predicted octanol–water partition coefficient (Wildman–Crippen LogP) is 1.28. The zero-order chi connectivity index (χ0) is 9.26. The van der Waals surface area contributed by atoms with Crippen LogP contribution in [0.25, 0.3) is 11.3 Å². The van der Waals surface area contributed by atoms with Crippen LogP contribution in [-0.2, 0) is 0 Å². The smallest absolute Gasteiger partial charge is 0.228 e. The van der Waals surface area contributed by atoms with Crippen LogP contribution in [-0.4, -0.2) is 5.16 Å². The third-order valence-corrected chi connectivity index (χ3v) is 1.82. The number of rotatable bonds is 1. The van der Waals surface area contributed by atoms with Crippen LogP contribution in [0.4, 0.5) is 0 Å². The van der Waals surface area contributed by atoms with E-state index in [0.717, 1.165) is 5.56 Å². The molecule has 2 rings (SSSR count). The van der Waals surface area contributed by atoms with Gasteiger partial charge in [0.05, 0.1) is 0 Å². The summed E-state index contributed by atoms with van der Waals surface area (Å²) in [5.41, 5.74) is 1.89. The average Bonchev–Trinajstić information content (AvgIpc) is 2.48. The molecule has 0 amide bonds. The van der Waals surface area contributed by atoms with Crippen LogP contribution in [0.2, 0.25) is 0 Å². The standard InChI is InChI=1S/C9H8N2O2/c1-7-9(11(12)13-10-7)8-5-3-2-4-6-8/h2-6H,1H3. The van der Waals surface area contributed by atoms with Crippen molar-refractivity contribution < 1.29 is 9.53 Å². The van der Waals surface area contributed by atoms with E-state index in [-0.39, 0.29) is 0 Å². The van der Waals surface area contributed by atoms with Crippen molar-refractivity contribution in [2.45, 2.75) is 6.92 Å². The Hall–Kier alpha value is -1.84. The van der Waals surface area contributed by atoms with Crippen molar-refractivity contribution in [2.24, 2.45) is 0 Å². The van der Waals surface area contributed by atoms with E-state index in [1.165, 1.54) is 0 Å². The van der Waals surface area contributed by atoms with Gasteiger partial charge in [0.1, 0.15) is 0 Å². The fourth-order valence-electron chi connectivity index (χ4n) is 1.22. The van der Waals surface area contributed by atoms with E-state index in [4.69, 9.17) is 0 Å². The first-order valence-electron chi connectivity index (χ1n) is 3.91. The minimum atomic E-state index is 0.421. The summed E-state index contributed by atoms with van der Waals surface area (Å²) in [4.78, 5) is 0.421. The Morgan fingerprint density at radius 1 is 1.31 bits per heavy atom. The second kappa shape index (κ2) is 2.90. The molecule has 0 atom stereocenters. The number of aryl methyl sites for hydroxylation is 1. The first-order chi connectivity index (χ1) is 6.29. The zero-order valence-corrected chi connectivity index (χ0v) is 7.10. The number of nitrogens with zero attached hydrogens (tertiary/aromatic N) is 2. The van der Waals surface area contributed by atoms with E-state index in [1.54, 1.807) is 6.92 Å². The average molecular weight is 176 g/mol. The second-order valence-corrected chi connectivity index (χ2v) is 2.73. The summed E-state index contributed by atoms with van der Waals surface area (Å²) in [5.74, 6) is 0. The lowest BCUT2D eigenvalue weighted by Gasteiger charge is -1.95. The fraction of sp³-hybridized carbons (Fsp3) is 0.111. The van der Waals surface area contributed by atoms with Crippen LogP contribution in [0.5, 0.6) is 0 Å². The largest absolute Gasteiger partial charge is 0.359 e. The summed E-state index contributed by atoms with van der Waals surface area (Å²) < 4.78 is 4.46. The highest BCUT2D eigenvalue weighted by Gasteiger charge is 2.15. The third kappa shape index (κ3) is 1.26. The SMILES string of the molecule is Cc1no[n+]([O-])c1-c1ccccc1. The lowest BCUT2D eigenvalue weighted by atomic mass is 10.1. The minimum Gasteiger partial charge on any atom is -0.359 e. The highest BCUT2D eigenvalue weighted by atomic mass is 16.8. The van der Waals surface area contributed by atoms with Gasteiger partial charge in [0.15, 0.2) is 0 Å². The molecule has 2 aromatic rings. The molecule has 0 aliphatic rings. The number of aromatic nitrogens is 2. The molecule has 13 heavy (non-hydrogen) atoms. The molecule has 0 aliphatic heterocycles. The molecular weight excluding hydrogens is 168 g/mol. The van der Waals surface area contributed by atoms with Crippen molar-refractivity contribution in [2.75, 3.05) is 0 Å². The van der Waals surface area contributed by atoms with Gasteiger partial charge in [-0.25, -0.2) is 0 Å². The van der Waals surface area contributed by atoms with Gasteiger partial charge in [0.25, 0.3) is 0 Å². The highest BCUT2D eigenvalue weighted by molar-refractivity contribution is 5.57. The molecule has 1 heterocycles. The summed E-state index contributed by atoms with van der Waals surface area (Å²) in [6, 6.07) is 9.30. The van der Waals surface area contributed by atoms with Gasteiger partial charge in [-0.2, -0.15) is 0 Å². The van der Waals surface area contributed by atoms with E-state index < -0.39 is 0 Å². The quantitative estimate of drug-likeness (QED) is 0.615. The lowest BCUT2D eigenvalue weighted by Crippen LogP contribution is -2.25. The third-order valence-electron chi connectivity index (χ3n) is 1.82. The van der Waals surface area contributed by atoms with Crippen LogP contribution in [0, 0.1) is 12.1 Å². The van der Waals surface area contributed by atoms with Crippen molar-refractivity contribution in [3.63, 3.8) is 0 Å². The zero-order valence-electron chi connectivity index (χ0n) is 7.10. The molecule has 0 radical (unpaired) electrons. The first kappa shape index (κ1) is 7.79. The Kier molecular flexibility index (Phi) is 1.73. The number of hydrogen-bond donors (Lipinski definition) is 0. The maximum absolute atomic E-state index is 11.1. The predicted molar refractivity (Wildman–Crippen MR) is 45.6 cm³/mol. The van der Waals surface area contributed by atoms with Crippen LogP contribution in [0.1, 0.15) is 5.69 Å². The van der Waals surface area contributed by atoms with Crippen molar-refractivity contribution in [1.82, 2.24) is 5.16 Å². The summed E-state index contributed by atoms with van der Waals surface area (Å²) in [5, 5.41) is 14.7. The van der Waals surface area contributed by atoms with Gasteiger partial charge in [-0.15, -0.1) is 0 Å². The van der Waals surface area contributed by atoms with Crippen molar-refractivity contribution in [1.29, 1.82) is 0 Å². The van der Waals surface area contributed by atoms with Crippen LogP contribution in [0.3, 0.4) is 0 Å². The Morgan fingerprint density at radius 2 is 2.00 bits per heavy atom. The molecule has 0 saturated carbocycles.